The Bertz CT molecular complexity index is 447. The summed E-state index contributed by atoms with van der Waals surface area (Å²) < 4.78 is 5.08. The van der Waals surface area contributed by atoms with Crippen LogP contribution in [0, 0.1) is 0 Å². The van der Waals surface area contributed by atoms with Crippen molar-refractivity contribution in [3.8, 4) is 5.75 Å². The van der Waals surface area contributed by atoms with E-state index in [-0.39, 0.29) is 5.91 Å². The molecule has 0 aliphatic rings. The molecule has 1 aromatic rings. The molecule has 0 atom stereocenters. The molecule has 1 amide bonds. The van der Waals surface area contributed by atoms with Crippen molar-refractivity contribution >= 4 is 17.3 Å². The number of anilines is 2. The predicted octanol–water partition coefficient (Wildman–Crippen LogP) is 2.34. The van der Waals surface area contributed by atoms with Crippen LogP contribution in [0.4, 0.5) is 11.4 Å². The second kappa shape index (κ2) is 7.75. The molecular formula is C15H25N3O2. The highest BCUT2D eigenvalue weighted by atomic mass is 16.5. The molecule has 0 aliphatic heterocycles. The molecule has 0 saturated carbocycles. The molecule has 0 spiro atoms. The minimum Gasteiger partial charge on any atom is -0.497 e. The van der Waals surface area contributed by atoms with E-state index in [0.29, 0.717) is 29.6 Å². The van der Waals surface area contributed by atoms with Crippen molar-refractivity contribution < 1.29 is 9.53 Å². The third-order valence-electron chi connectivity index (χ3n) is 3.30. The molecule has 0 unspecified atom stereocenters. The SMILES string of the molecule is CCN(CCC(=O)Nc1ccc(OC)cc1N)C(C)C. The number of hydrogen-bond acceptors (Lipinski definition) is 4. The van der Waals surface area contributed by atoms with Gasteiger partial charge >= 0.3 is 0 Å². The Labute approximate surface area is 121 Å². The van der Waals surface area contributed by atoms with Gasteiger partial charge in [-0.2, -0.15) is 0 Å². The molecule has 5 heteroatoms. The van der Waals surface area contributed by atoms with Gasteiger partial charge in [-0.15, -0.1) is 0 Å². The maximum atomic E-state index is 11.9. The van der Waals surface area contributed by atoms with E-state index in [4.69, 9.17) is 10.5 Å². The summed E-state index contributed by atoms with van der Waals surface area (Å²) in [6.45, 7) is 8.04. The van der Waals surface area contributed by atoms with Crippen LogP contribution in [0.25, 0.3) is 0 Å². The maximum absolute atomic E-state index is 11.9. The number of nitrogen functional groups attached to an aromatic ring is 1. The minimum atomic E-state index is -0.0269. The van der Waals surface area contributed by atoms with Crippen molar-refractivity contribution in [3.05, 3.63) is 18.2 Å². The van der Waals surface area contributed by atoms with Gasteiger partial charge in [-0.05, 0) is 32.5 Å². The summed E-state index contributed by atoms with van der Waals surface area (Å²) in [6.07, 6.45) is 0.456. The Kier molecular flexibility index (Phi) is 6.31. The standard InChI is InChI=1S/C15H25N3O2/c1-5-18(11(2)3)9-8-15(19)17-14-7-6-12(20-4)10-13(14)16/h6-7,10-11H,5,8-9,16H2,1-4H3,(H,17,19). The summed E-state index contributed by atoms with van der Waals surface area (Å²) >= 11 is 0. The summed E-state index contributed by atoms with van der Waals surface area (Å²) in [5.41, 5.74) is 7.01. The van der Waals surface area contributed by atoms with Gasteiger partial charge in [0, 0.05) is 25.1 Å². The second-order valence-corrected chi connectivity index (χ2v) is 4.97. The maximum Gasteiger partial charge on any atom is 0.225 e. The van der Waals surface area contributed by atoms with E-state index in [1.54, 1.807) is 25.3 Å². The predicted molar refractivity (Wildman–Crippen MR) is 83.0 cm³/mol. The summed E-state index contributed by atoms with van der Waals surface area (Å²) in [7, 11) is 1.58. The summed E-state index contributed by atoms with van der Waals surface area (Å²) in [5, 5.41) is 2.83. The van der Waals surface area contributed by atoms with Gasteiger partial charge < -0.3 is 20.7 Å². The van der Waals surface area contributed by atoms with E-state index in [2.05, 4.69) is 31.0 Å². The van der Waals surface area contributed by atoms with E-state index < -0.39 is 0 Å². The van der Waals surface area contributed by atoms with Crippen molar-refractivity contribution in [3.63, 3.8) is 0 Å². The fraction of sp³-hybridized carbons (Fsp3) is 0.533. The topological polar surface area (TPSA) is 67.6 Å². The number of amides is 1. The second-order valence-electron chi connectivity index (χ2n) is 4.97. The number of benzene rings is 1. The first kappa shape index (κ1) is 16.3. The first-order valence-electron chi connectivity index (χ1n) is 6.95. The number of methoxy groups -OCH3 is 1. The van der Waals surface area contributed by atoms with Crippen LogP contribution in [-0.2, 0) is 4.79 Å². The van der Waals surface area contributed by atoms with Gasteiger partial charge in [-0.1, -0.05) is 6.92 Å². The molecule has 1 rings (SSSR count). The normalized spacial score (nSPS) is 10.9. The average Bonchev–Trinajstić information content (AvgIpc) is 2.41. The Balaban J connectivity index is 2.54. The Morgan fingerprint density at radius 2 is 2.15 bits per heavy atom. The molecule has 0 radical (unpaired) electrons. The van der Waals surface area contributed by atoms with Gasteiger partial charge in [0.05, 0.1) is 18.5 Å². The van der Waals surface area contributed by atoms with Crippen LogP contribution < -0.4 is 15.8 Å². The third-order valence-corrected chi connectivity index (χ3v) is 3.30. The Hall–Kier alpha value is -1.75. The van der Waals surface area contributed by atoms with Crippen molar-refractivity contribution in [2.45, 2.75) is 33.2 Å². The van der Waals surface area contributed by atoms with Gasteiger partial charge in [0.15, 0.2) is 0 Å². The number of ether oxygens (including phenoxy) is 1. The smallest absolute Gasteiger partial charge is 0.225 e. The van der Waals surface area contributed by atoms with Crippen LogP contribution in [0.5, 0.6) is 5.75 Å². The highest BCUT2D eigenvalue weighted by Gasteiger charge is 2.11. The first-order valence-corrected chi connectivity index (χ1v) is 6.95. The zero-order valence-corrected chi connectivity index (χ0v) is 12.8. The van der Waals surface area contributed by atoms with E-state index in [1.807, 2.05) is 0 Å². The number of hydrogen-bond donors (Lipinski definition) is 2. The first-order chi connectivity index (χ1) is 9.47. The van der Waals surface area contributed by atoms with Crippen molar-refractivity contribution in [1.82, 2.24) is 4.90 Å². The molecule has 0 fully saturated rings. The molecule has 3 N–H and O–H groups in total. The number of nitrogens with two attached hydrogens (primary N) is 1. The van der Waals surface area contributed by atoms with Crippen LogP contribution in [0.3, 0.4) is 0 Å². The number of rotatable bonds is 7. The molecule has 0 aliphatic carbocycles. The zero-order chi connectivity index (χ0) is 15.1. The van der Waals surface area contributed by atoms with Gasteiger partial charge in [-0.25, -0.2) is 0 Å². The Morgan fingerprint density at radius 1 is 1.45 bits per heavy atom. The van der Waals surface area contributed by atoms with Gasteiger partial charge in [0.2, 0.25) is 5.91 Å². The lowest BCUT2D eigenvalue weighted by atomic mass is 10.2. The Morgan fingerprint density at radius 3 is 2.65 bits per heavy atom. The molecular weight excluding hydrogens is 254 g/mol. The van der Waals surface area contributed by atoms with Gasteiger partial charge in [-0.3, -0.25) is 4.79 Å². The van der Waals surface area contributed by atoms with E-state index in [1.165, 1.54) is 0 Å². The van der Waals surface area contributed by atoms with Crippen molar-refractivity contribution in [1.29, 1.82) is 0 Å². The van der Waals surface area contributed by atoms with Crippen LogP contribution in [-0.4, -0.2) is 37.0 Å². The lowest BCUT2D eigenvalue weighted by Crippen LogP contribution is -2.33. The van der Waals surface area contributed by atoms with Crippen LogP contribution in [0.2, 0.25) is 0 Å². The molecule has 0 aromatic heterocycles. The van der Waals surface area contributed by atoms with E-state index in [9.17, 15) is 4.79 Å². The molecule has 112 valence electrons. The quantitative estimate of drug-likeness (QED) is 0.752. The molecule has 0 saturated heterocycles. The van der Waals surface area contributed by atoms with Gasteiger partial charge in [0.1, 0.15) is 5.75 Å². The summed E-state index contributed by atoms with van der Waals surface area (Å²) in [6, 6.07) is 5.67. The van der Waals surface area contributed by atoms with E-state index in [0.717, 1.165) is 13.1 Å². The highest BCUT2D eigenvalue weighted by molar-refractivity contribution is 5.94. The molecule has 5 nitrogen and oxygen atoms in total. The summed E-state index contributed by atoms with van der Waals surface area (Å²) in [5.74, 6) is 0.651. The lowest BCUT2D eigenvalue weighted by molar-refractivity contribution is -0.116. The van der Waals surface area contributed by atoms with Crippen molar-refractivity contribution in [2.75, 3.05) is 31.2 Å². The van der Waals surface area contributed by atoms with Crippen LogP contribution >= 0.6 is 0 Å². The lowest BCUT2D eigenvalue weighted by Gasteiger charge is -2.24. The number of carbonyl (C=O) groups is 1. The average molecular weight is 279 g/mol. The fourth-order valence-corrected chi connectivity index (χ4v) is 2.02. The van der Waals surface area contributed by atoms with Crippen LogP contribution in [0.15, 0.2) is 18.2 Å². The van der Waals surface area contributed by atoms with Gasteiger partial charge in [0.25, 0.3) is 0 Å². The number of carbonyl (C=O) groups excluding carboxylic acids is 1. The van der Waals surface area contributed by atoms with Crippen LogP contribution in [0.1, 0.15) is 27.2 Å². The molecule has 1 aromatic carbocycles. The highest BCUT2D eigenvalue weighted by Crippen LogP contribution is 2.24. The molecule has 20 heavy (non-hydrogen) atoms. The number of nitrogens with one attached hydrogen (secondary N) is 1. The molecule has 0 heterocycles. The van der Waals surface area contributed by atoms with Crippen molar-refractivity contribution in [2.24, 2.45) is 0 Å². The largest absolute Gasteiger partial charge is 0.497 e. The third kappa shape index (κ3) is 4.74. The number of nitrogens with zero attached hydrogens (tertiary/aromatic N) is 1. The van der Waals surface area contributed by atoms with E-state index >= 15 is 0 Å². The minimum absolute atomic E-state index is 0.0269. The monoisotopic (exact) mass is 279 g/mol. The summed E-state index contributed by atoms with van der Waals surface area (Å²) in [4.78, 5) is 14.2. The molecule has 0 bridgehead atoms. The fourth-order valence-electron chi connectivity index (χ4n) is 2.02. The zero-order valence-electron chi connectivity index (χ0n) is 12.8.